The highest BCUT2D eigenvalue weighted by molar-refractivity contribution is 7.10. The minimum atomic E-state index is -1.10. The lowest BCUT2D eigenvalue weighted by atomic mass is 9.75. The van der Waals surface area contributed by atoms with E-state index in [2.05, 4.69) is 5.32 Å². The molecule has 112 valence electrons. The molecule has 1 saturated heterocycles. The molecule has 1 aliphatic rings. The zero-order valence-corrected chi connectivity index (χ0v) is 13.1. The summed E-state index contributed by atoms with van der Waals surface area (Å²) < 4.78 is 13.2. The summed E-state index contributed by atoms with van der Waals surface area (Å²) in [5, 5.41) is 17.2. The van der Waals surface area contributed by atoms with Gasteiger partial charge in [-0.05, 0) is 55.6 Å². The largest absolute Gasteiger partial charge is 0.379 e. The Kier molecular flexibility index (Phi) is 4.31. The highest BCUT2D eigenvalue weighted by atomic mass is 35.5. The molecule has 2 aromatic rings. The Morgan fingerprint density at radius 1 is 1.24 bits per heavy atom. The van der Waals surface area contributed by atoms with Crippen LogP contribution in [-0.2, 0) is 5.60 Å². The summed E-state index contributed by atoms with van der Waals surface area (Å²) >= 11 is 7.50. The Morgan fingerprint density at radius 2 is 1.90 bits per heavy atom. The van der Waals surface area contributed by atoms with Crippen LogP contribution in [0.5, 0.6) is 0 Å². The van der Waals surface area contributed by atoms with Gasteiger partial charge in [0.25, 0.3) is 0 Å². The van der Waals surface area contributed by atoms with E-state index in [0.29, 0.717) is 5.02 Å². The van der Waals surface area contributed by atoms with Gasteiger partial charge in [-0.3, -0.25) is 0 Å². The van der Waals surface area contributed by atoms with Gasteiger partial charge in [-0.15, -0.1) is 11.3 Å². The van der Waals surface area contributed by atoms with Gasteiger partial charge in [0.2, 0.25) is 0 Å². The molecule has 2 nitrogen and oxygen atoms in total. The van der Waals surface area contributed by atoms with Crippen LogP contribution in [0.2, 0.25) is 5.02 Å². The summed E-state index contributed by atoms with van der Waals surface area (Å²) in [5.41, 5.74) is -0.373. The maximum absolute atomic E-state index is 13.2. The van der Waals surface area contributed by atoms with Crippen LogP contribution in [0.25, 0.3) is 0 Å². The van der Waals surface area contributed by atoms with Crippen molar-refractivity contribution >= 4 is 22.9 Å². The summed E-state index contributed by atoms with van der Waals surface area (Å²) in [5.74, 6) is -0.199. The fourth-order valence-corrected chi connectivity index (χ4v) is 4.31. The minimum absolute atomic E-state index is 0.0962. The molecule has 2 N–H and O–H groups in total. The average Bonchev–Trinajstić information content (AvgIpc) is 2.95. The van der Waals surface area contributed by atoms with E-state index in [1.165, 1.54) is 23.5 Å². The fourth-order valence-electron chi connectivity index (χ4n) is 3.04. The van der Waals surface area contributed by atoms with Crippen molar-refractivity contribution in [3.8, 4) is 0 Å². The molecular weight excluding hydrogens is 309 g/mol. The summed E-state index contributed by atoms with van der Waals surface area (Å²) in [6.45, 7) is 1.76. The second-order valence-corrected chi connectivity index (χ2v) is 6.77. The maximum Gasteiger partial charge on any atom is 0.127 e. The molecular formula is C16H17ClFNOS. The molecule has 1 aliphatic heterocycles. The third kappa shape index (κ3) is 2.86. The average molecular weight is 326 g/mol. The van der Waals surface area contributed by atoms with E-state index in [-0.39, 0.29) is 11.7 Å². The number of halogens is 2. The molecule has 3 rings (SSSR count). The van der Waals surface area contributed by atoms with Crippen molar-refractivity contribution in [3.05, 3.63) is 57.0 Å². The van der Waals surface area contributed by atoms with Crippen LogP contribution in [0.3, 0.4) is 0 Å². The van der Waals surface area contributed by atoms with E-state index in [9.17, 15) is 9.50 Å². The number of benzene rings is 1. The van der Waals surface area contributed by atoms with Gasteiger partial charge in [-0.1, -0.05) is 23.7 Å². The number of hydrogen-bond acceptors (Lipinski definition) is 3. The fraction of sp³-hybridized carbons (Fsp3) is 0.375. The standard InChI is InChI=1S/C16H17ClFNOS/c17-13-9-15(21-10-13)16(20,12-5-7-19-8-6-12)11-1-3-14(18)4-2-11/h1-4,9-10,12,19-20H,5-8H2. The molecule has 0 saturated carbocycles. The number of piperidine rings is 1. The van der Waals surface area contributed by atoms with Crippen molar-refractivity contribution in [1.82, 2.24) is 5.32 Å². The normalized spacial score (nSPS) is 19.4. The molecule has 2 heterocycles. The van der Waals surface area contributed by atoms with E-state index in [1.54, 1.807) is 12.1 Å². The first-order chi connectivity index (χ1) is 10.1. The van der Waals surface area contributed by atoms with Crippen LogP contribution in [-0.4, -0.2) is 18.2 Å². The first-order valence-electron chi connectivity index (χ1n) is 7.04. The monoisotopic (exact) mass is 325 g/mol. The molecule has 1 fully saturated rings. The highest BCUT2D eigenvalue weighted by Gasteiger charge is 2.41. The lowest BCUT2D eigenvalue weighted by Crippen LogP contribution is -2.42. The topological polar surface area (TPSA) is 32.3 Å². The Bertz CT molecular complexity index is 609. The molecule has 1 atom stereocenters. The molecule has 1 unspecified atom stereocenters. The van der Waals surface area contributed by atoms with Crippen LogP contribution in [0.1, 0.15) is 23.3 Å². The van der Waals surface area contributed by atoms with Gasteiger partial charge < -0.3 is 10.4 Å². The quantitative estimate of drug-likeness (QED) is 0.900. The predicted octanol–water partition coefficient (Wildman–Crippen LogP) is 3.78. The van der Waals surface area contributed by atoms with E-state index in [4.69, 9.17) is 11.6 Å². The van der Waals surface area contributed by atoms with Gasteiger partial charge in [-0.25, -0.2) is 4.39 Å². The molecule has 1 aromatic heterocycles. The van der Waals surface area contributed by atoms with E-state index >= 15 is 0 Å². The van der Waals surface area contributed by atoms with Crippen molar-refractivity contribution in [1.29, 1.82) is 0 Å². The van der Waals surface area contributed by atoms with Crippen LogP contribution in [0.4, 0.5) is 4.39 Å². The Hall–Kier alpha value is -0.940. The molecule has 0 spiro atoms. The number of nitrogens with one attached hydrogen (secondary N) is 1. The van der Waals surface area contributed by atoms with Crippen molar-refractivity contribution in [2.24, 2.45) is 5.92 Å². The van der Waals surface area contributed by atoms with Gasteiger partial charge in [-0.2, -0.15) is 0 Å². The summed E-state index contributed by atoms with van der Waals surface area (Å²) in [4.78, 5) is 0.825. The molecule has 5 heteroatoms. The number of thiophene rings is 1. The van der Waals surface area contributed by atoms with Crippen LogP contribution in [0.15, 0.2) is 35.7 Å². The molecule has 0 amide bonds. The van der Waals surface area contributed by atoms with E-state index < -0.39 is 5.60 Å². The minimum Gasteiger partial charge on any atom is -0.379 e. The first kappa shape index (κ1) is 15.0. The Balaban J connectivity index is 2.07. The molecule has 0 bridgehead atoms. The van der Waals surface area contributed by atoms with Crippen LogP contribution >= 0.6 is 22.9 Å². The van der Waals surface area contributed by atoms with Crippen LogP contribution in [0, 0.1) is 11.7 Å². The second-order valence-electron chi connectivity index (χ2n) is 5.43. The van der Waals surface area contributed by atoms with E-state index in [0.717, 1.165) is 36.4 Å². The third-order valence-corrected chi connectivity index (χ3v) is 5.56. The summed E-state index contributed by atoms with van der Waals surface area (Å²) in [6, 6.07) is 7.96. The predicted molar refractivity (Wildman–Crippen MR) is 84.3 cm³/mol. The van der Waals surface area contributed by atoms with Gasteiger partial charge in [0.15, 0.2) is 0 Å². The lowest BCUT2D eigenvalue weighted by molar-refractivity contribution is 0.00556. The van der Waals surface area contributed by atoms with Crippen molar-refractivity contribution in [3.63, 3.8) is 0 Å². The zero-order chi connectivity index (χ0) is 14.9. The SMILES string of the molecule is OC(c1ccc(F)cc1)(c1cc(Cl)cs1)C1CCNCC1. The molecule has 21 heavy (non-hydrogen) atoms. The molecule has 1 aromatic carbocycles. The van der Waals surface area contributed by atoms with Crippen molar-refractivity contribution in [2.45, 2.75) is 18.4 Å². The van der Waals surface area contributed by atoms with Crippen molar-refractivity contribution < 1.29 is 9.50 Å². The highest BCUT2D eigenvalue weighted by Crippen LogP contribution is 2.44. The molecule has 0 radical (unpaired) electrons. The number of rotatable bonds is 3. The zero-order valence-electron chi connectivity index (χ0n) is 11.5. The van der Waals surface area contributed by atoms with Gasteiger partial charge in [0.1, 0.15) is 11.4 Å². The van der Waals surface area contributed by atoms with Gasteiger partial charge >= 0.3 is 0 Å². The lowest BCUT2D eigenvalue weighted by Gasteiger charge is -2.38. The van der Waals surface area contributed by atoms with E-state index in [1.807, 2.05) is 11.4 Å². The third-order valence-electron chi connectivity index (χ3n) is 4.16. The number of aliphatic hydroxyl groups is 1. The molecule has 0 aliphatic carbocycles. The van der Waals surface area contributed by atoms with Crippen LogP contribution < -0.4 is 5.32 Å². The smallest absolute Gasteiger partial charge is 0.127 e. The van der Waals surface area contributed by atoms with Gasteiger partial charge in [0, 0.05) is 10.3 Å². The number of hydrogen-bond donors (Lipinski definition) is 2. The Morgan fingerprint density at radius 3 is 2.48 bits per heavy atom. The Labute approximate surface area is 132 Å². The van der Waals surface area contributed by atoms with Gasteiger partial charge in [0.05, 0.1) is 5.02 Å². The van der Waals surface area contributed by atoms with Crippen molar-refractivity contribution in [2.75, 3.05) is 13.1 Å². The summed E-state index contributed by atoms with van der Waals surface area (Å²) in [7, 11) is 0. The second kappa shape index (κ2) is 6.05. The first-order valence-corrected chi connectivity index (χ1v) is 8.30. The maximum atomic E-state index is 13.2. The summed E-state index contributed by atoms with van der Waals surface area (Å²) in [6.07, 6.45) is 1.76.